The number of benzene rings is 4. The number of halogens is 1. The van der Waals surface area contributed by atoms with Gasteiger partial charge in [0.25, 0.3) is 5.91 Å². The number of ether oxygens (including phenoxy) is 1. The Morgan fingerprint density at radius 3 is 2.24 bits per heavy atom. The van der Waals surface area contributed by atoms with Crippen LogP contribution in [0.2, 0.25) is 5.02 Å². The number of Topliss-reactive ketones (excluding diaryl/α,β-unsaturated/α-hetero) is 2. The van der Waals surface area contributed by atoms with Crippen LogP contribution in [0.3, 0.4) is 0 Å². The highest BCUT2D eigenvalue weighted by atomic mass is 35.5. The van der Waals surface area contributed by atoms with Crippen LogP contribution in [0.5, 0.6) is 0 Å². The number of carbonyl (C=O) groups is 4. The summed E-state index contributed by atoms with van der Waals surface area (Å²) >= 11 is 6.17. The highest BCUT2D eigenvalue weighted by Gasteiger charge is 2.46. The van der Waals surface area contributed by atoms with Gasteiger partial charge in [0.1, 0.15) is 12.0 Å². The fourth-order valence-electron chi connectivity index (χ4n) is 4.62. The van der Waals surface area contributed by atoms with Crippen LogP contribution in [0, 0.1) is 12.8 Å². The van der Waals surface area contributed by atoms with Crippen LogP contribution in [-0.2, 0) is 14.3 Å². The second-order valence-corrected chi connectivity index (χ2v) is 9.30. The molecule has 4 aromatic rings. The quantitative estimate of drug-likeness (QED) is 0.134. The van der Waals surface area contributed by atoms with Gasteiger partial charge >= 0.3 is 5.97 Å². The Hall–Kier alpha value is -4.55. The van der Waals surface area contributed by atoms with E-state index in [4.69, 9.17) is 16.3 Å². The molecule has 7 heteroatoms. The van der Waals surface area contributed by atoms with Crippen LogP contribution >= 0.6 is 11.6 Å². The molecule has 0 saturated heterocycles. The van der Waals surface area contributed by atoms with Crippen LogP contribution in [0.25, 0.3) is 11.1 Å². The average Bonchev–Trinajstić information content (AvgIpc) is 3.27. The van der Waals surface area contributed by atoms with Crippen molar-refractivity contribution in [1.82, 2.24) is 0 Å². The van der Waals surface area contributed by atoms with Crippen molar-refractivity contribution in [2.24, 2.45) is 5.92 Å². The van der Waals surface area contributed by atoms with E-state index in [2.05, 4.69) is 5.32 Å². The normalized spacial score (nSPS) is 14.8. The van der Waals surface area contributed by atoms with Gasteiger partial charge in [0.2, 0.25) is 5.78 Å². The Bertz CT molecular complexity index is 1580. The molecule has 1 heterocycles. The van der Waals surface area contributed by atoms with Gasteiger partial charge in [0.15, 0.2) is 5.78 Å². The second kappa shape index (κ2) is 10.4. The van der Waals surface area contributed by atoms with E-state index in [0.717, 1.165) is 5.56 Å². The molecular weight excluding hydrogens is 502 g/mol. The lowest BCUT2D eigenvalue weighted by Gasteiger charge is -2.22. The number of esters is 1. The Kier molecular flexibility index (Phi) is 6.90. The van der Waals surface area contributed by atoms with E-state index in [1.165, 1.54) is 0 Å². The molecule has 0 spiro atoms. The number of hydrogen-bond donors (Lipinski definition) is 1. The molecule has 6 nitrogen and oxygen atoms in total. The summed E-state index contributed by atoms with van der Waals surface area (Å²) in [5.74, 6) is -4.91. The number of carbonyl (C=O) groups excluding carboxylic acids is 4. The van der Waals surface area contributed by atoms with E-state index in [9.17, 15) is 19.2 Å². The maximum Gasteiger partial charge on any atom is 0.339 e. The fourth-order valence-corrected chi connectivity index (χ4v) is 4.79. The maximum atomic E-state index is 14.1. The molecule has 0 fully saturated rings. The number of nitrogens with one attached hydrogen (secondary N) is 1. The van der Waals surface area contributed by atoms with Gasteiger partial charge in [-0.3, -0.25) is 14.4 Å². The summed E-state index contributed by atoms with van der Waals surface area (Å²) < 4.78 is 5.56. The lowest BCUT2D eigenvalue weighted by Crippen LogP contribution is -2.38. The third kappa shape index (κ3) is 4.62. The molecule has 0 radical (unpaired) electrons. The van der Waals surface area contributed by atoms with E-state index in [1.54, 1.807) is 73.7 Å². The molecular formula is C31H22ClNO5. The van der Waals surface area contributed by atoms with E-state index in [1.807, 2.05) is 30.3 Å². The van der Waals surface area contributed by atoms with Gasteiger partial charge in [0.05, 0.1) is 5.56 Å². The lowest BCUT2D eigenvalue weighted by atomic mass is 9.82. The summed E-state index contributed by atoms with van der Waals surface area (Å²) in [5.41, 5.74) is 3.16. The first-order chi connectivity index (χ1) is 18.4. The second-order valence-electron chi connectivity index (χ2n) is 8.90. The topological polar surface area (TPSA) is 89.5 Å². The Morgan fingerprint density at radius 1 is 0.816 bits per heavy atom. The number of ketones is 2. The van der Waals surface area contributed by atoms with Crippen molar-refractivity contribution in [3.63, 3.8) is 0 Å². The van der Waals surface area contributed by atoms with Gasteiger partial charge in [-0.15, -0.1) is 0 Å². The number of hydrogen-bond acceptors (Lipinski definition) is 5. The average molecular weight is 524 g/mol. The van der Waals surface area contributed by atoms with Crippen LogP contribution in [0.15, 0.2) is 97.1 Å². The highest BCUT2D eigenvalue weighted by molar-refractivity contribution is 6.45. The fraction of sp³-hybridized carbons (Fsp3) is 0.0968. The number of rotatable bonds is 7. The van der Waals surface area contributed by atoms with E-state index >= 15 is 0 Å². The SMILES string of the molecule is Cc1c(Cl)cccc1NC(=O)C(=O)[C@@H](C(=O)c1ccccc1-c1ccccc1)[C@@H]1OC(=O)c2ccccc21. The minimum atomic E-state index is -1.60. The summed E-state index contributed by atoms with van der Waals surface area (Å²) in [6.45, 7) is 1.70. The highest BCUT2D eigenvalue weighted by Crippen LogP contribution is 2.39. The van der Waals surface area contributed by atoms with Gasteiger partial charge in [0, 0.05) is 21.8 Å². The van der Waals surface area contributed by atoms with Crippen LogP contribution in [-0.4, -0.2) is 23.4 Å². The molecule has 0 bridgehead atoms. The maximum absolute atomic E-state index is 14.1. The number of cyclic esters (lactones) is 1. The molecule has 1 N–H and O–H groups in total. The number of anilines is 1. The zero-order valence-corrected chi connectivity index (χ0v) is 21.1. The van der Waals surface area contributed by atoms with Gasteiger partial charge in [-0.25, -0.2) is 4.79 Å². The van der Waals surface area contributed by atoms with Crippen molar-refractivity contribution in [2.45, 2.75) is 13.0 Å². The van der Waals surface area contributed by atoms with Crippen molar-refractivity contribution in [3.8, 4) is 11.1 Å². The Morgan fingerprint density at radius 2 is 1.47 bits per heavy atom. The van der Waals surface area contributed by atoms with Gasteiger partial charge in [-0.2, -0.15) is 0 Å². The number of amides is 1. The summed E-state index contributed by atoms with van der Waals surface area (Å²) in [7, 11) is 0. The molecule has 0 aromatic heterocycles. The molecule has 5 rings (SSSR count). The molecule has 188 valence electrons. The molecule has 1 amide bonds. The van der Waals surface area contributed by atoms with Gasteiger partial charge < -0.3 is 10.1 Å². The molecule has 38 heavy (non-hydrogen) atoms. The summed E-state index contributed by atoms with van der Waals surface area (Å²) in [4.78, 5) is 53.8. The standard InChI is InChI=1S/C31H22ClNO5/c1-18-24(32)16-9-17-25(18)33-30(36)28(35)26(29-22-14-7-8-15-23(22)31(37)38-29)27(34)21-13-6-5-12-20(21)19-10-3-2-4-11-19/h2-17,26,29H,1H3,(H,33,36)/t26-,29-/m1/s1. The van der Waals surface area contributed by atoms with Crippen LogP contribution in [0.1, 0.15) is 37.9 Å². The monoisotopic (exact) mass is 523 g/mol. The Labute approximate surface area is 224 Å². The first-order valence-electron chi connectivity index (χ1n) is 12.0. The molecule has 0 unspecified atom stereocenters. The van der Waals surface area contributed by atoms with Crippen molar-refractivity contribution in [2.75, 3.05) is 5.32 Å². The summed E-state index contributed by atoms with van der Waals surface area (Å²) in [6, 6.07) is 27.6. The zero-order valence-electron chi connectivity index (χ0n) is 20.3. The minimum absolute atomic E-state index is 0.240. The molecule has 1 aliphatic rings. The van der Waals surface area contributed by atoms with E-state index in [-0.39, 0.29) is 11.1 Å². The van der Waals surface area contributed by atoms with Gasteiger partial charge in [-0.1, -0.05) is 90.5 Å². The molecule has 0 saturated carbocycles. The van der Waals surface area contributed by atoms with Crippen molar-refractivity contribution >= 4 is 40.7 Å². The van der Waals surface area contributed by atoms with Crippen molar-refractivity contribution in [1.29, 1.82) is 0 Å². The zero-order chi connectivity index (χ0) is 26.8. The van der Waals surface area contributed by atoms with Crippen LogP contribution < -0.4 is 5.32 Å². The summed E-state index contributed by atoms with van der Waals surface area (Å²) in [5, 5.41) is 2.99. The summed E-state index contributed by atoms with van der Waals surface area (Å²) in [6.07, 6.45) is -1.26. The smallest absolute Gasteiger partial charge is 0.339 e. The van der Waals surface area contributed by atoms with Crippen molar-refractivity contribution in [3.05, 3.63) is 124 Å². The van der Waals surface area contributed by atoms with E-state index < -0.39 is 35.5 Å². The third-order valence-corrected chi connectivity index (χ3v) is 7.02. The molecule has 1 aliphatic heterocycles. The molecule has 0 aliphatic carbocycles. The van der Waals surface area contributed by atoms with Crippen molar-refractivity contribution < 1.29 is 23.9 Å². The number of fused-ring (bicyclic) bond motifs is 1. The molecule has 4 aromatic carbocycles. The first kappa shape index (κ1) is 25.1. The first-order valence-corrected chi connectivity index (χ1v) is 12.3. The minimum Gasteiger partial charge on any atom is -0.453 e. The molecule has 2 atom stereocenters. The third-order valence-electron chi connectivity index (χ3n) is 6.61. The van der Waals surface area contributed by atoms with E-state index in [0.29, 0.717) is 27.4 Å². The predicted octanol–water partition coefficient (Wildman–Crippen LogP) is 6.23. The predicted molar refractivity (Wildman–Crippen MR) is 144 cm³/mol. The largest absolute Gasteiger partial charge is 0.453 e. The van der Waals surface area contributed by atoms with Crippen LogP contribution in [0.4, 0.5) is 5.69 Å². The Balaban J connectivity index is 1.58. The van der Waals surface area contributed by atoms with Gasteiger partial charge in [-0.05, 0) is 41.8 Å². The lowest BCUT2D eigenvalue weighted by molar-refractivity contribution is -0.138.